The van der Waals surface area contributed by atoms with Crippen LogP contribution in [-0.2, 0) is 0 Å². The van der Waals surface area contributed by atoms with Crippen LogP contribution in [0.25, 0.3) is 28.1 Å². The lowest BCUT2D eigenvalue weighted by atomic mass is 10.1. The normalized spacial score (nSPS) is 11.9. The van der Waals surface area contributed by atoms with Crippen LogP contribution in [0.15, 0.2) is 54.7 Å². The summed E-state index contributed by atoms with van der Waals surface area (Å²) in [4.78, 5) is 4.80. The second-order valence-corrected chi connectivity index (χ2v) is 5.98. The smallest absolute Gasteiger partial charge is 0.187 e. The Bertz CT molecular complexity index is 1030. The van der Waals surface area contributed by atoms with E-state index >= 15 is 0 Å². The molecule has 140 valence electrons. The van der Waals surface area contributed by atoms with Gasteiger partial charge in [-0.2, -0.15) is 0 Å². The van der Waals surface area contributed by atoms with Gasteiger partial charge in [0.25, 0.3) is 0 Å². The van der Waals surface area contributed by atoms with E-state index in [0.717, 1.165) is 34.4 Å². The molecule has 0 fully saturated rings. The van der Waals surface area contributed by atoms with Crippen molar-refractivity contribution in [2.75, 3.05) is 6.54 Å². The molecule has 3 heterocycles. The maximum atomic E-state index is 6.04. The van der Waals surface area contributed by atoms with Gasteiger partial charge in [-0.15, -0.1) is 10.2 Å². The van der Waals surface area contributed by atoms with Gasteiger partial charge in [0, 0.05) is 11.6 Å². The Balaban J connectivity index is 0.00000102. The summed E-state index contributed by atoms with van der Waals surface area (Å²) in [7, 11) is 0. The van der Waals surface area contributed by atoms with Crippen LogP contribution < -0.4 is 10.5 Å². The van der Waals surface area contributed by atoms with Crippen molar-refractivity contribution in [1.82, 2.24) is 19.6 Å². The van der Waals surface area contributed by atoms with Gasteiger partial charge in [0.2, 0.25) is 0 Å². The average Bonchev–Trinajstić information content (AvgIpc) is 3.14. The number of hydrogen-bond acceptors (Lipinski definition) is 5. The predicted octanol–water partition coefficient (Wildman–Crippen LogP) is 4.09. The summed E-state index contributed by atoms with van der Waals surface area (Å²) in [5.41, 5.74) is 7.99. The van der Waals surface area contributed by atoms with E-state index in [1.165, 1.54) is 0 Å². The minimum Gasteiger partial charge on any atom is -0.488 e. The van der Waals surface area contributed by atoms with E-state index in [1.807, 2.05) is 79.9 Å². The van der Waals surface area contributed by atoms with Crippen LogP contribution >= 0.6 is 0 Å². The third kappa shape index (κ3) is 3.90. The Morgan fingerprint density at radius 1 is 1.04 bits per heavy atom. The third-order valence-electron chi connectivity index (χ3n) is 4.13. The first-order valence-corrected chi connectivity index (χ1v) is 9.33. The molecular weight excluding hydrogens is 338 g/mol. The second kappa shape index (κ2) is 8.60. The van der Waals surface area contributed by atoms with E-state index in [-0.39, 0.29) is 6.10 Å². The number of benzene rings is 1. The van der Waals surface area contributed by atoms with Gasteiger partial charge in [0.15, 0.2) is 11.5 Å². The van der Waals surface area contributed by atoms with Crippen LogP contribution in [0.2, 0.25) is 0 Å². The lowest BCUT2D eigenvalue weighted by molar-refractivity contribution is 0.216. The Morgan fingerprint density at radius 2 is 1.89 bits per heavy atom. The number of ether oxygens (including phenoxy) is 1. The molecule has 6 nitrogen and oxygen atoms in total. The monoisotopic (exact) mass is 363 g/mol. The zero-order valence-electron chi connectivity index (χ0n) is 16.0. The van der Waals surface area contributed by atoms with E-state index in [2.05, 4.69) is 10.2 Å². The summed E-state index contributed by atoms with van der Waals surface area (Å²) in [5, 5.41) is 9.51. The predicted molar refractivity (Wildman–Crippen MR) is 109 cm³/mol. The second-order valence-electron chi connectivity index (χ2n) is 5.98. The highest BCUT2D eigenvalue weighted by atomic mass is 16.5. The largest absolute Gasteiger partial charge is 0.488 e. The van der Waals surface area contributed by atoms with Crippen LogP contribution in [0.3, 0.4) is 0 Å². The van der Waals surface area contributed by atoms with Crippen LogP contribution in [-0.4, -0.2) is 32.2 Å². The van der Waals surface area contributed by atoms with Gasteiger partial charge in [-0.1, -0.05) is 38.1 Å². The SMILES string of the molecule is CC.CC(CCN)Oc1cccc2ccc(-c3nnc4ccccn34)nc12. The van der Waals surface area contributed by atoms with Gasteiger partial charge in [-0.05, 0) is 44.2 Å². The molecule has 0 saturated heterocycles. The highest BCUT2D eigenvalue weighted by molar-refractivity contribution is 5.86. The van der Waals surface area contributed by atoms with Crippen molar-refractivity contribution in [3.8, 4) is 17.3 Å². The molecule has 3 aromatic heterocycles. The Morgan fingerprint density at radius 3 is 2.70 bits per heavy atom. The van der Waals surface area contributed by atoms with E-state index in [0.29, 0.717) is 12.4 Å². The summed E-state index contributed by atoms with van der Waals surface area (Å²) in [5.74, 6) is 1.47. The lowest BCUT2D eigenvalue weighted by Crippen LogP contribution is -2.17. The average molecular weight is 363 g/mol. The van der Waals surface area contributed by atoms with Crippen molar-refractivity contribution in [3.05, 3.63) is 54.7 Å². The van der Waals surface area contributed by atoms with Gasteiger partial charge in [-0.3, -0.25) is 4.40 Å². The summed E-state index contributed by atoms with van der Waals surface area (Å²) in [6, 6.07) is 15.7. The number of nitrogens with two attached hydrogens (primary N) is 1. The first-order chi connectivity index (χ1) is 13.3. The van der Waals surface area contributed by atoms with Gasteiger partial charge in [-0.25, -0.2) is 4.98 Å². The molecule has 0 spiro atoms. The van der Waals surface area contributed by atoms with Crippen molar-refractivity contribution in [2.45, 2.75) is 33.3 Å². The zero-order valence-corrected chi connectivity index (χ0v) is 16.0. The zero-order chi connectivity index (χ0) is 19.2. The Labute approximate surface area is 159 Å². The number of nitrogens with zero attached hydrogens (tertiary/aromatic N) is 4. The molecule has 0 amide bonds. The number of fused-ring (bicyclic) bond motifs is 2. The molecule has 1 aromatic carbocycles. The molecule has 1 unspecified atom stereocenters. The molecule has 2 N–H and O–H groups in total. The molecule has 27 heavy (non-hydrogen) atoms. The molecule has 4 rings (SSSR count). The van der Waals surface area contributed by atoms with Crippen LogP contribution in [0, 0.1) is 0 Å². The van der Waals surface area contributed by atoms with Crippen molar-refractivity contribution in [1.29, 1.82) is 0 Å². The molecule has 0 aliphatic rings. The van der Waals surface area contributed by atoms with Gasteiger partial charge in [0.1, 0.15) is 17.0 Å². The van der Waals surface area contributed by atoms with E-state index < -0.39 is 0 Å². The van der Waals surface area contributed by atoms with Crippen LogP contribution in [0.5, 0.6) is 5.75 Å². The molecular formula is C21H25N5O. The molecule has 6 heteroatoms. The molecule has 0 saturated carbocycles. The first-order valence-electron chi connectivity index (χ1n) is 9.33. The number of hydrogen-bond donors (Lipinski definition) is 1. The van der Waals surface area contributed by atoms with Crippen molar-refractivity contribution in [2.24, 2.45) is 5.73 Å². The van der Waals surface area contributed by atoms with Gasteiger partial charge >= 0.3 is 0 Å². The highest BCUT2D eigenvalue weighted by Crippen LogP contribution is 2.28. The number of rotatable bonds is 5. The van der Waals surface area contributed by atoms with E-state index in [1.54, 1.807) is 0 Å². The first kappa shape index (κ1) is 18.8. The maximum Gasteiger partial charge on any atom is 0.187 e. The lowest BCUT2D eigenvalue weighted by Gasteiger charge is -2.15. The fraction of sp³-hybridized carbons (Fsp3) is 0.286. The summed E-state index contributed by atoms with van der Waals surface area (Å²) < 4.78 is 7.97. The van der Waals surface area contributed by atoms with Gasteiger partial charge in [0.05, 0.1) is 6.10 Å². The topological polar surface area (TPSA) is 78.3 Å². The van der Waals surface area contributed by atoms with Crippen molar-refractivity contribution < 1.29 is 4.74 Å². The summed E-state index contributed by atoms with van der Waals surface area (Å²) in [6.45, 7) is 6.61. The number of pyridine rings is 2. The summed E-state index contributed by atoms with van der Waals surface area (Å²) in [6.07, 6.45) is 2.77. The minimum atomic E-state index is 0.0370. The Kier molecular flexibility index (Phi) is 5.98. The number of para-hydroxylation sites is 1. The molecule has 0 radical (unpaired) electrons. The molecule has 4 aromatic rings. The van der Waals surface area contributed by atoms with Crippen LogP contribution in [0.4, 0.5) is 0 Å². The van der Waals surface area contributed by atoms with E-state index in [9.17, 15) is 0 Å². The quantitative estimate of drug-likeness (QED) is 0.578. The Hall–Kier alpha value is -2.99. The van der Waals surface area contributed by atoms with Crippen LogP contribution in [0.1, 0.15) is 27.2 Å². The fourth-order valence-electron chi connectivity index (χ4n) is 2.87. The maximum absolute atomic E-state index is 6.04. The molecule has 1 atom stereocenters. The standard InChI is InChI=1S/C19H19N5O.C2H6/c1-13(10-11-20)25-16-6-4-5-14-8-9-15(21-18(14)16)19-23-22-17-7-2-3-12-24(17)19;1-2/h2-9,12-13H,10-11,20H2,1H3;1-2H3. The molecule has 0 bridgehead atoms. The van der Waals surface area contributed by atoms with E-state index in [4.69, 9.17) is 15.5 Å². The fourth-order valence-corrected chi connectivity index (χ4v) is 2.87. The van der Waals surface area contributed by atoms with Gasteiger partial charge < -0.3 is 10.5 Å². The molecule has 0 aliphatic heterocycles. The molecule has 0 aliphatic carbocycles. The van der Waals surface area contributed by atoms with Crippen molar-refractivity contribution in [3.63, 3.8) is 0 Å². The summed E-state index contributed by atoms with van der Waals surface area (Å²) >= 11 is 0. The minimum absolute atomic E-state index is 0.0370. The number of aromatic nitrogens is 4. The third-order valence-corrected chi connectivity index (χ3v) is 4.13. The van der Waals surface area contributed by atoms with Crippen molar-refractivity contribution >= 4 is 16.6 Å². The highest BCUT2D eigenvalue weighted by Gasteiger charge is 2.13.